The number of rotatable bonds is 15. The number of alkyl halides is 2. The maximum Gasteiger partial charge on any atom is 0.420 e. The van der Waals surface area contributed by atoms with Crippen molar-refractivity contribution in [3.05, 3.63) is 85.7 Å². The van der Waals surface area contributed by atoms with Gasteiger partial charge in [-0.1, -0.05) is 29.3 Å². The SMILES string of the molecule is CC(C)(C)OC(=O)CS(=O)(=O)Nc1ccc2c(c1)oc(=O)n2CC(=O)O[C@@H](Cc1c(Cl)c[n+]([O-])cc1Cl)c1ccc(OC(F)F)c(OCC2CC2)c1. The monoisotopic (exact) mass is 787 g/mol. The van der Waals surface area contributed by atoms with Crippen LogP contribution in [0.15, 0.2) is 58.0 Å². The molecule has 1 saturated carbocycles. The number of nitrogens with one attached hydrogen (secondary N) is 1. The fraction of sp³-hybridized carbons (Fsp3) is 0.394. The number of pyridine rings is 1. The minimum Gasteiger partial charge on any atom is -0.619 e. The van der Waals surface area contributed by atoms with Crippen LogP contribution in [0.1, 0.15) is 50.8 Å². The molecule has 1 atom stereocenters. The Kier molecular flexibility index (Phi) is 11.6. The van der Waals surface area contributed by atoms with E-state index in [9.17, 15) is 36.8 Å². The molecule has 0 bridgehead atoms. The van der Waals surface area contributed by atoms with Crippen LogP contribution in [0.4, 0.5) is 14.5 Å². The van der Waals surface area contributed by atoms with Crippen molar-refractivity contribution in [3.63, 3.8) is 0 Å². The average molecular weight is 789 g/mol. The fourth-order valence-corrected chi connectivity index (χ4v) is 6.53. The van der Waals surface area contributed by atoms with Crippen molar-refractivity contribution in [3.8, 4) is 11.5 Å². The van der Waals surface area contributed by atoms with Gasteiger partial charge in [0.2, 0.25) is 10.0 Å². The first-order valence-electron chi connectivity index (χ1n) is 15.7. The zero-order chi connectivity index (χ0) is 38.0. The number of benzene rings is 2. The third kappa shape index (κ3) is 10.5. The molecular weight excluding hydrogens is 755 g/mol. The number of esters is 2. The molecule has 2 heterocycles. The van der Waals surface area contributed by atoms with E-state index in [0.29, 0.717) is 4.73 Å². The van der Waals surface area contributed by atoms with Crippen LogP contribution in [0.25, 0.3) is 11.1 Å². The van der Waals surface area contributed by atoms with E-state index in [-0.39, 0.29) is 68.4 Å². The molecule has 0 spiro atoms. The Bertz CT molecular complexity index is 2130. The standard InChI is InChI=1S/C33H33Cl2F2N3O11S/c1-33(2,3)51-30(42)17-52(45,46)38-20-7-8-24-27(11-20)50-32(43)40(24)15-29(41)48-26(12-21-22(34)13-39(44)14-23(21)35)19-6-9-25(49-31(36)37)28(10-19)47-16-18-4-5-18/h6-11,13-14,18,26,31,38H,4-5,12,15-17H2,1-3H3/t26-/m0/s1. The van der Waals surface area contributed by atoms with Crippen molar-refractivity contribution in [2.24, 2.45) is 5.92 Å². The van der Waals surface area contributed by atoms with Crippen LogP contribution < -0.4 is 24.7 Å². The first-order valence-corrected chi connectivity index (χ1v) is 18.1. The summed E-state index contributed by atoms with van der Waals surface area (Å²) in [6, 6.07) is 7.80. The maximum absolute atomic E-state index is 13.4. The largest absolute Gasteiger partial charge is 0.619 e. The lowest BCUT2D eigenvalue weighted by Gasteiger charge is -2.21. The maximum atomic E-state index is 13.4. The van der Waals surface area contributed by atoms with E-state index in [1.807, 2.05) is 0 Å². The highest BCUT2D eigenvalue weighted by Gasteiger charge is 2.28. The zero-order valence-corrected chi connectivity index (χ0v) is 30.2. The summed E-state index contributed by atoms with van der Waals surface area (Å²) in [5, 5.41) is 11.8. The number of hydrogen-bond donors (Lipinski definition) is 1. The molecule has 1 N–H and O–H groups in total. The number of halogens is 4. The predicted molar refractivity (Wildman–Crippen MR) is 183 cm³/mol. The number of nitrogens with zero attached hydrogens (tertiary/aromatic N) is 2. The molecule has 4 aromatic rings. The number of oxazole rings is 1. The second kappa shape index (κ2) is 15.6. The van der Waals surface area contributed by atoms with Crippen molar-refractivity contribution >= 4 is 62.0 Å². The van der Waals surface area contributed by atoms with Crippen molar-refractivity contribution in [1.29, 1.82) is 0 Å². The van der Waals surface area contributed by atoms with Crippen molar-refractivity contribution in [2.45, 2.75) is 64.9 Å². The molecular formula is C33H33Cl2F2N3O11S. The first kappa shape index (κ1) is 38.6. The Morgan fingerprint density at radius 1 is 1.08 bits per heavy atom. The van der Waals surface area contributed by atoms with Gasteiger partial charge >= 0.3 is 24.3 Å². The third-order valence-electron chi connectivity index (χ3n) is 7.40. The van der Waals surface area contributed by atoms with E-state index < -0.39 is 58.3 Å². The minimum absolute atomic E-state index is 0.0250. The zero-order valence-electron chi connectivity index (χ0n) is 27.9. The van der Waals surface area contributed by atoms with Crippen molar-refractivity contribution < 1.29 is 54.9 Å². The molecule has 52 heavy (non-hydrogen) atoms. The predicted octanol–water partition coefficient (Wildman–Crippen LogP) is 5.54. The van der Waals surface area contributed by atoms with Gasteiger partial charge in [0, 0.05) is 18.1 Å². The molecule has 0 amide bonds. The molecule has 19 heteroatoms. The second-order valence-corrected chi connectivity index (χ2v) is 15.4. The molecule has 1 aliphatic carbocycles. The lowest BCUT2D eigenvalue weighted by atomic mass is 10.0. The number of carbonyl (C=O) groups excluding carboxylic acids is 2. The molecule has 2 aromatic carbocycles. The van der Waals surface area contributed by atoms with E-state index in [4.69, 9.17) is 41.8 Å². The Morgan fingerprint density at radius 2 is 1.77 bits per heavy atom. The normalized spacial score (nSPS) is 13.9. The van der Waals surface area contributed by atoms with Crippen LogP contribution in [-0.2, 0) is 42.1 Å². The van der Waals surface area contributed by atoms with Gasteiger partial charge in [0.25, 0.3) is 0 Å². The van der Waals surface area contributed by atoms with Crippen molar-refractivity contribution in [1.82, 2.24) is 4.57 Å². The van der Waals surface area contributed by atoms with Gasteiger partial charge in [0.1, 0.15) is 28.3 Å². The number of aromatic nitrogens is 2. The lowest BCUT2D eigenvalue weighted by molar-refractivity contribution is -0.605. The summed E-state index contributed by atoms with van der Waals surface area (Å²) in [5.74, 6) is -3.87. The summed E-state index contributed by atoms with van der Waals surface area (Å²) in [6.07, 6.45) is 2.55. The quantitative estimate of drug-likeness (QED) is 0.0909. The van der Waals surface area contributed by atoms with Gasteiger partial charge < -0.3 is 28.6 Å². The number of hydrogen-bond acceptors (Lipinski definition) is 11. The van der Waals surface area contributed by atoms with Crippen LogP contribution in [-0.4, -0.2) is 49.5 Å². The van der Waals surface area contributed by atoms with Gasteiger partial charge in [-0.15, -0.1) is 0 Å². The van der Waals surface area contributed by atoms with Gasteiger partial charge in [-0.05, 0) is 69.4 Å². The van der Waals surface area contributed by atoms with Gasteiger partial charge in [-0.3, -0.25) is 18.9 Å². The van der Waals surface area contributed by atoms with Gasteiger partial charge in [0.15, 0.2) is 35.2 Å². The van der Waals surface area contributed by atoms with Crippen LogP contribution in [0.3, 0.4) is 0 Å². The Morgan fingerprint density at radius 3 is 2.40 bits per heavy atom. The number of ether oxygens (including phenoxy) is 4. The molecule has 2 aromatic heterocycles. The lowest BCUT2D eigenvalue weighted by Crippen LogP contribution is -2.30. The summed E-state index contributed by atoms with van der Waals surface area (Å²) in [4.78, 5) is 38.4. The highest BCUT2D eigenvalue weighted by Crippen LogP contribution is 2.38. The summed E-state index contributed by atoms with van der Waals surface area (Å²) < 4.78 is 81.6. The molecule has 0 unspecified atom stereocenters. The summed E-state index contributed by atoms with van der Waals surface area (Å²) in [5.41, 5.74) is -0.423. The smallest absolute Gasteiger partial charge is 0.420 e. The summed E-state index contributed by atoms with van der Waals surface area (Å²) >= 11 is 12.6. The molecule has 0 radical (unpaired) electrons. The Hall–Kier alpha value is -4.61. The molecule has 1 aliphatic rings. The Balaban J connectivity index is 1.39. The van der Waals surface area contributed by atoms with Gasteiger partial charge in [-0.2, -0.15) is 13.5 Å². The minimum atomic E-state index is -4.21. The van der Waals surface area contributed by atoms with Crippen LogP contribution in [0.2, 0.25) is 10.0 Å². The summed E-state index contributed by atoms with van der Waals surface area (Å²) in [7, 11) is -4.21. The second-order valence-electron chi connectivity index (χ2n) is 12.9. The number of carbonyl (C=O) groups is 2. The topological polar surface area (TPSA) is 179 Å². The summed E-state index contributed by atoms with van der Waals surface area (Å²) in [6.45, 7) is 1.20. The number of anilines is 1. The van der Waals surface area contributed by atoms with Crippen LogP contribution in [0, 0.1) is 11.1 Å². The van der Waals surface area contributed by atoms with E-state index >= 15 is 0 Å². The first-order chi connectivity index (χ1) is 24.4. The van der Waals surface area contributed by atoms with E-state index in [2.05, 4.69) is 9.46 Å². The van der Waals surface area contributed by atoms with Gasteiger partial charge in [-0.25, -0.2) is 13.2 Å². The third-order valence-corrected chi connectivity index (χ3v) is 9.22. The van der Waals surface area contributed by atoms with Crippen LogP contribution >= 0.6 is 23.2 Å². The molecule has 280 valence electrons. The molecule has 5 rings (SSSR count). The molecule has 0 aliphatic heterocycles. The number of sulfonamides is 1. The van der Waals surface area contributed by atoms with E-state index in [1.165, 1.54) is 36.4 Å². The molecule has 0 saturated heterocycles. The fourth-order valence-electron chi connectivity index (χ4n) is 5.01. The Labute approximate surface area is 305 Å². The highest BCUT2D eigenvalue weighted by atomic mass is 35.5. The number of fused-ring (bicyclic) bond motifs is 1. The molecule has 1 fully saturated rings. The van der Waals surface area contributed by atoms with Gasteiger partial charge in [0.05, 0.1) is 17.8 Å². The average Bonchev–Trinajstić information content (AvgIpc) is 3.78. The highest BCUT2D eigenvalue weighted by molar-refractivity contribution is 7.93. The molecule has 14 nitrogen and oxygen atoms in total. The van der Waals surface area contributed by atoms with Crippen LogP contribution in [0.5, 0.6) is 11.5 Å². The van der Waals surface area contributed by atoms with E-state index in [0.717, 1.165) is 29.8 Å². The van der Waals surface area contributed by atoms with Crippen molar-refractivity contribution in [2.75, 3.05) is 17.1 Å². The van der Waals surface area contributed by atoms with E-state index in [1.54, 1.807) is 20.8 Å².